The zero-order valence-corrected chi connectivity index (χ0v) is 16.9. The molecule has 2 aromatic rings. The minimum Gasteiger partial charge on any atom is -0.496 e. The van der Waals surface area contributed by atoms with Crippen LogP contribution in [0.3, 0.4) is 0 Å². The number of carbonyl (C=O) groups excluding carboxylic acids is 1. The van der Waals surface area contributed by atoms with Gasteiger partial charge in [0.2, 0.25) is 5.91 Å². The Morgan fingerprint density at radius 3 is 2.63 bits per heavy atom. The van der Waals surface area contributed by atoms with Crippen LogP contribution in [0.1, 0.15) is 22.7 Å². The van der Waals surface area contributed by atoms with Crippen LogP contribution < -0.4 is 15.4 Å². The third-order valence-corrected chi connectivity index (χ3v) is 4.70. The van der Waals surface area contributed by atoms with E-state index < -0.39 is 0 Å². The zero-order chi connectivity index (χ0) is 18.5. The van der Waals surface area contributed by atoms with E-state index in [-0.39, 0.29) is 24.4 Å². The molecule has 146 valence electrons. The summed E-state index contributed by atoms with van der Waals surface area (Å²) in [5.74, 6) is 0.873. The number of para-hydroxylation sites is 1. The number of rotatable bonds is 5. The molecule has 1 unspecified atom stereocenters. The zero-order valence-electron chi connectivity index (χ0n) is 16.1. The fourth-order valence-electron chi connectivity index (χ4n) is 3.62. The molecule has 1 saturated heterocycles. The normalized spacial score (nSPS) is 17.1. The molecule has 3 rings (SSSR count). The number of nitrogens with zero attached hydrogens (tertiary/aromatic N) is 1. The van der Waals surface area contributed by atoms with Gasteiger partial charge in [-0.15, -0.1) is 12.4 Å². The van der Waals surface area contributed by atoms with E-state index in [0.29, 0.717) is 6.54 Å². The van der Waals surface area contributed by atoms with E-state index >= 15 is 0 Å². The van der Waals surface area contributed by atoms with Gasteiger partial charge in [-0.2, -0.15) is 0 Å². The van der Waals surface area contributed by atoms with Gasteiger partial charge in [0.05, 0.1) is 19.7 Å². The Labute approximate surface area is 167 Å². The number of halogens is 1. The van der Waals surface area contributed by atoms with E-state index in [9.17, 15) is 4.79 Å². The van der Waals surface area contributed by atoms with Crippen molar-refractivity contribution in [2.24, 2.45) is 0 Å². The molecule has 27 heavy (non-hydrogen) atoms. The largest absolute Gasteiger partial charge is 0.496 e. The molecular weight excluding hydrogens is 362 g/mol. The third-order valence-electron chi connectivity index (χ3n) is 4.70. The van der Waals surface area contributed by atoms with Crippen LogP contribution in [0.2, 0.25) is 0 Å². The van der Waals surface area contributed by atoms with E-state index in [4.69, 9.17) is 4.74 Å². The minimum atomic E-state index is 0. The fraction of sp³-hybridized carbons (Fsp3) is 0.381. The number of benzene rings is 2. The maximum absolute atomic E-state index is 12.6. The Balaban J connectivity index is 0.00000261. The average Bonchev–Trinajstić information content (AvgIpc) is 2.61. The molecule has 1 aliphatic rings. The Bertz CT molecular complexity index is 762. The molecule has 0 aromatic heterocycles. The number of aryl methyl sites for hydroxylation is 2. The summed E-state index contributed by atoms with van der Waals surface area (Å²) < 4.78 is 5.52. The van der Waals surface area contributed by atoms with Crippen LogP contribution in [0.25, 0.3) is 0 Å². The van der Waals surface area contributed by atoms with E-state index in [1.165, 1.54) is 0 Å². The van der Waals surface area contributed by atoms with Gasteiger partial charge in [-0.1, -0.05) is 24.3 Å². The molecule has 0 bridgehead atoms. The number of amides is 1. The first kappa shape index (κ1) is 21.2. The van der Waals surface area contributed by atoms with Crippen LogP contribution in [-0.2, 0) is 4.79 Å². The number of carbonyl (C=O) groups is 1. The highest BCUT2D eigenvalue weighted by atomic mass is 35.5. The Kier molecular flexibility index (Phi) is 7.66. The maximum atomic E-state index is 12.6. The summed E-state index contributed by atoms with van der Waals surface area (Å²) in [6, 6.07) is 14.2. The summed E-state index contributed by atoms with van der Waals surface area (Å²) in [5, 5.41) is 6.46. The lowest BCUT2D eigenvalue weighted by atomic mass is 10.0. The van der Waals surface area contributed by atoms with E-state index in [1.807, 2.05) is 44.2 Å². The maximum Gasteiger partial charge on any atom is 0.238 e. The van der Waals surface area contributed by atoms with Gasteiger partial charge in [0.15, 0.2) is 0 Å². The summed E-state index contributed by atoms with van der Waals surface area (Å²) in [5.41, 5.74) is 4.27. The molecule has 5 nitrogen and oxygen atoms in total. The van der Waals surface area contributed by atoms with Crippen LogP contribution in [0.15, 0.2) is 42.5 Å². The second-order valence-electron chi connectivity index (χ2n) is 6.86. The lowest BCUT2D eigenvalue weighted by molar-refractivity contribution is -0.118. The first-order valence-corrected chi connectivity index (χ1v) is 9.02. The van der Waals surface area contributed by atoms with Crippen molar-refractivity contribution in [2.45, 2.75) is 19.9 Å². The quantitative estimate of drug-likeness (QED) is 0.823. The van der Waals surface area contributed by atoms with Crippen molar-refractivity contribution in [1.29, 1.82) is 0 Å². The standard InChI is InChI=1S/C21H27N3O2.ClH/c1-15-10-16(2)12-17(11-15)23-21(25)14-24-9-8-22-13-19(24)18-6-4-5-7-20(18)26-3;/h4-7,10-12,19,22H,8-9,13-14H2,1-3H3,(H,23,25);1H. The molecule has 2 aromatic carbocycles. The number of hydrogen-bond donors (Lipinski definition) is 2. The highest BCUT2D eigenvalue weighted by Gasteiger charge is 2.27. The van der Waals surface area contributed by atoms with Crippen LogP contribution in [-0.4, -0.2) is 44.1 Å². The van der Waals surface area contributed by atoms with Crippen molar-refractivity contribution < 1.29 is 9.53 Å². The summed E-state index contributed by atoms with van der Waals surface area (Å²) >= 11 is 0. The number of nitrogens with one attached hydrogen (secondary N) is 2. The number of ether oxygens (including phenoxy) is 1. The van der Waals surface area contributed by atoms with Crippen molar-refractivity contribution in [2.75, 3.05) is 38.6 Å². The van der Waals surface area contributed by atoms with E-state index in [0.717, 1.165) is 47.8 Å². The number of methoxy groups -OCH3 is 1. The van der Waals surface area contributed by atoms with Crippen molar-refractivity contribution in [1.82, 2.24) is 10.2 Å². The molecule has 1 heterocycles. The van der Waals surface area contributed by atoms with Gasteiger partial charge < -0.3 is 15.4 Å². The first-order chi connectivity index (χ1) is 12.6. The monoisotopic (exact) mass is 389 g/mol. The highest BCUT2D eigenvalue weighted by molar-refractivity contribution is 5.92. The SMILES string of the molecule is COc1ccccc1C1CNCCN1CC(=O)Nc1cc(C)cc(C)c1.Cl. The smallest absolute Gasteiger partial charge is 0.238 e. The second-order valence-corrected chi connectivity index (χ2v) is 6.86. The van der Waals surface area contributed by atoms with Gasteiger partial charge in [0.1, 0.15) is 5.75 Å². The fourth-order valence-corrected chi connectivity index (χ4v) is 3.62. The van der Waals surface area contributed by atoms with Gasteiger partial charge in [0, 0.05) is 30.9 Å². The molecule has 1 fully saturated rings. The Morgan fingerprint density at radius 2 is 1.93 bits per heavy atom. The average molecular weight is 390 g/mol. The second kappa shape index (κ2) is 9.74. The van der Waals surface area contributed by atoms with Crippen molar-refractivity contribution in [3.63, 3.8) is 0 Å². The molecule has 1 amide bonds. The molecule has 2 N–H and O–H groups in total. The highest BCUT2D eigenvalue weighted by Crippen LogP contribution is 2.30. The van der Waals surface area contributed by atoms with Gasteiger partial charge in [-0.3, -0.25) is 9.69 Å². The Hall–Kier alpha value is -2.08. The predicted molar refractivity (Wildman–Crippen MR) is 112 cm³/mol. The first-order valence-electron chi connectivity index (χ1n) is 9.02. The van der Waals surface area contributed by atoms with Gasteiger partial charge in [-0.25, -0.2) is 0 Å². The Morgan fingerprint density at radius 1 is 1.22 bits per heavy atom. The van der Waals surface area contributed by atoms with Gasteiger partial charge >= 0.3 is 0 Å². The summed E-state index contributed by atoms with van der Waals surface area (Å²) in [4.78, 5) is 14.8. The van der Waals surface area contributed by atoms with Gasteiger partial charge in [0.25, 0.3) is 0 Å². The van der Waals surface area contributed by atoms with Crippen LogP contribution in [0, 0.1) is 13.8 Å². The number of hydrogen-bond acceptors (Lipinski definition) is 4. The van der Waals surface area contributed by atoms with Crippen molar-refractivity contribution >= 4 is 24.0 Å². The van der Waals surface area contributed by atoms with E-state index in [1.54, 1.807) is 7.11 Å². The van der Waals surface area contributed by atoms with Crippen molar-refractivity contribution in [3.8, 4) is 5.75 Å². The molecule has 1 aliphatic heterocycles. The summed E-state index contributed by atoms with van der Waals surface area (Å²) in [6.07, 6.45) is 0. The molecule has 0 aliphatic carbocycles. The van der Waals surface area contributed by atoms with Crippen LogP contribution in [0.4, 0.5) is 5.69 Å². The predicted octanol–water partition coefficient (Wildman–Crippen LogP) is 3.32. The summed E-state index contributed by atoms with van der Waals surface area (Å²) in [6.45, 7) is 6.94. The molecule has 1 atom stereocenters. The number of anilines is 1. The topological polar surface area (TPSA) is 53.6 Å². The minimum absolute atomic E-state index is 0. The lowest BCUT2D eigenvalue weighted by Gasteiger charge is -2.36. The van der Waals surface area contributed by atoms with Crippen LogP contribution in [0.5, 0.6) is 5.75 Å². The number of piperazine rings is 1. The van der Waals surface area contributed by atoms with Crippen LogP contribution >= 0.6 is 12.4 Å². The molecule has 6 heteroatoms. The summed E-state index contributed by atoms with van der Waals surface area (Å²) in [7, 11) is 1.69. The molecule has 0 saturated carbocycles. The lowest BCUT2D eigenvalue weighted by Crippen LogP contribution is -2.48. The van der Waals surface area contributed by atoms with Gasteiger partial charge in [-0.05, 0) is 43.2 Å². The van der Waals surface area contributed by atoms with E-state index in [2.05, 4.69) is 27.7 Å². The third kappa shape index (κ3) is 5.45. The molecule has 0 radical (unpaired) electrons. The molecular formula is C21H28ClN3O2. The molecule has 0 spiro atoms. The van der Waals surface area contributed by atoms with Crippen molar-refractivity contribution in [3.05, 3.63) is 59.2 Å².